The van der Waals surface area contributed by atoms with Gasteiger partial charge in [-0.05, 0) is 48.4 Å². The lowest BCUT2D eigenvalue weighted by molar-refractivity contribution is 0.0916. The predicted octanol–water partition coefficient (Wildman–Crippen LogP) is 2.30. The van der Waals surface area contributed by atoms with Gasteiger partial charge in [0.2, 0.25) is 0 Å². The average molecular weight is 289 g/mol. The number of hydrogen-bond acceptors (Lipinski definition) is 3. The molecule has 0 heterocycles. The number of nitrogens with one attached hydrogen (secondary N) is 1. The van der Waals surface area contributed by atoms with Crippen LogP contribution in [0.2, 0.25) is 0 Å². The van der Waals surface area contributed by atoms with E-state index in [9.17, 15) is 19.4 Å². The number of aliphatic hydroxyl groups excluding tert-OH is 1. The summed E-state index contributed by atoms with van der Waals surface area (Å²) in [7, 11) is 0. The maximum atomic E-state index is 12.8. The molecule has 0 saturated heterocycles. The fraction of sp³-hybridized carbons (Fsp3) is 0.188. The van der Waals surface area contributed by atoms with Crippen molar-refractivity contribution in [2.75, 3.05) is 6.54 Å². The summed E-state index contributed by atoms with van der Waals surface area (Å²) in [6.45, 7) is 1.77. The lowest BCUT2D eigenvalue weighted by Gasteiger charge is -2.12. The molecule has 5 heteroatoms. The number of carbonyl (C=O) groups excluding carboxylic acids is 1. The maximum Gasteiger partial charge on any atom is 0.251 e. The Kier molecular flexibility index (Phi) is 4.55. The van der Waals surface area contributed by atoms with Crippen molar-refractivity contribution in [3.05, 3.63) is 65.0 Å². The molecule has 4 nitrogen and oxygen atoms in total. The molecule has 0 aliphatic carbocycles. The molecule has 2 aromatic rings. The van der Waals surface area contributed by atoms with Gasteiger partial charge in [0, 0.05) is 12.1 Å². The molecule has 2 aromatic carbocycles. The number of aromatic hydroxyl groups is 1. The molecule has 0 aromatic heterocycles. The van der Waals surface area contributed by atoms with Gasteiger partial charge in [-0.15, -0.1) is 0 Å². The first-order valence-electron chi connectivity index (χ1n) is 6.48. The zero-order valence-corrected chi connectivity index (χ0v) is 11.5. The van der Waals surface area contributed by atoms with E-state index in [0.29, 0.717) is 11.1 Å². The normalized spacial score (nSPS) is 12.0. The smallest absolute Gasteiger partial charge is 0.251 e. The average Bonchev–Trinajstić information content (AvgIpc) is 2.44. The first-order chi connectivity index (χ1) is 9.95. The summed E-state index contributed by atoms with van der Waals surface area (Å²) in [5.74, 6) is -0.764. The zero-order chi connectivity index (χ0) is 15.4. The van der Waals surface area contributed by atoms with E-state index in [0.717, 1.165) is 5.56 Å². The minimum absolute atomic E-state index is 0.000824. The van der Waals surface area contributed by atoms with Crippen LogP contribution < -0.4 is 5.32 Å². The lowest BCUT2D eigenvalue weighted by Crippen LogP contribution is -2.28. The van der Waals surface area contributed by atoms with Crippen molar-refractivity contribution in [3.8, 4) is 5.75 Å². The van der Waals surface area contributed by atoms with Gasteiger partial charge >= 0.3 is 0 Å². The van der Waals surface area contributed by atoms with Gasteiger partial charge in [0.1, 0.15) is 11.6 Å². The van der Waals surface area contributed by atoms with E-state index >= 15 is 0 Å². The van der Waals surface area contributed by atoms with Gasteiger partial charge in [0.25, 0.3) is 5.91 Å². The monoisotopic (exact) mass is 289 g/mol. The van der Waals surface area contributed by atoms with E-state index in [1.165, 1.54) is 30.3 Å². The molecule has 0 aliphatic rings. The molecule has 0 spiro atoms. The van der Waals surface area contributed by atoms with Crippen LogP contribution in [0.4, 0.5) is 4.39 Å². The Morgan fingerprint density at radius 2 is 1.90 bits per heavy atom. The van der Waals surface area contributed by atoms with Crippen LogP contribution in [0.3, 0.4) is 0 Å². The fourth-order valence-electron chi connectivity index (χ4n) is 1.99. The Balaban J connectivity index is 1.98. The molecule has 1 atom stereocenters. The van der Waals surface area contributed by atoms with Crippen LogP contribution in [0, 0.1) is 12.7 Å². The molecule has 2 rings (SSSR count). The zero-order valence-electron chi connectivity index (χ0n) is 11.5. The first kappa shape index (κ1) is 15.0. The molecule has 21 heavy (non-hydrogen) atoms. The van der Waals surface area contributed by atoms with E-state index in [-0.39, 0.29) is 18.1 Å². The summed E-state index contributed by atoms with van der Waals surface area (Å²) < 4.78 is 12.8. The fourth-order valence-corrected chi connectivity index (χ4v) is 1.99. The van der Waals surface area contributed by atoms with E-state index < -0.39 is 12.0 Å². The van der Waals surface area contributed by atoms with Crippen molar-refractivity contribution in [1.82, 2.24) is 5.32 Å². The number of halogens is 1. The minimum atomic E-state index is -0.923. The van der Waals surface area contributed by atoms with Crippen molar-refractivity contribution in [1.29, 1.82) is 0 Å². The van der Waals surface area contributed by atoms with Gasteiger partial charge in [-0.25, -0.2) is 4.39 Å². The van der Waals surface area contributed by atoms with Crippen LogP contribution in [0.25, 0.3) is 0 Å². The summed E-state index contributed by atoms with van der Waals surface area (Å²) in [4.78, 5) is 11.9. The summed E-state index contributed by atoms with van der Waals surface area (Å²) in [6, 6.07) is 9.96. The Labute approximate surface area is 121 Å². The summed E-state index contributed by atoms with van der Waals surface area (Å²) >= 11 is 0. The van der Waals surface area contributed by atoms with E-state index in [2.05, 4.69) is 5.32 Å². The second kappa shape index (κ2) is 6.37. The van der Waals surface area contributed by atoms with Gasteiger partial charge in [-0.1, -0.05) is 12.1 Å². The number of carbonyl (C=O) groups is 1. The Morgan fingerprint density at radius 3 is 2.52 bits per heavy atom. The third kappa shape index (κ3) is 4.03. The predicted molar refractivity (Wildman–Crippen MR) is 76.5 cm³/mol. The van der Waals surface area contributed by atoms with Crippen molar-refractivity contribution < 1.29 is 19.4 Å². The molecule has 0 aliphatic heterocycles. The molecule has 1 amide bonds. The first-order valence-corrected chi connectivity index (χ1v) is 6.48. The molecule has 1 unspecified atom stereocenters. The van der Waals surface area contributed by atoms with Gasteiger partial charge < -0.3 is 15.5 Å². The van der Waals surface area contributed by atoms with E-state index in [1.807, 2.05) is 0 Å². The van der Waals surface area contributed by atoms with Crippen LogP contribution in [-0.2, 0) is 0 Å². The highest BCUT2D eigenvalue weighted by Crippen LogP contribution is 2.16. The number of phenols is 1. The van der Waals surface area contributed by atoms with Crippen LogP contribution in [-0.4, -0.2) is 22.7 Å². The second-order valence-corrected chi connectivity index (χ2v) is 4.83. The molecule has 110 valence electrons. The van der Waals surface area contributed by atoms with Crippen molar-refractivity contribution in [3.63, 3.8) is 0 Å². The SMILES string of the molecule is Cc1cc(O)cc(C(=O)NCC(O)c2ccc(F)cc2)c1. The standard InChI is InChI=1S/C16H16FNO3/c1-10-6-12(8-14(19)7-10)16(21)18-9-15(20)11-2-4-13(17)5-3-11/h2-8,15,19-20H,9H2,1H3,(H,18,21). The highest BCUT2D eigenvalue weighted by Gasteiger charge is 2.12. The number of benzene rings is 2. The number of hydrogen-bond donors (Lipinski definition) is 3. The topological polar surface area (TPSA) is 69.6 Å². The van der Waals surface area contributed by atoms with Gasteiger partial charge in [0.15, 0.2) is 0 Å². The lowest BCUT2D eigenvalue weighted by atomic mass is 10.1. The van der Waals surface area contributed by atoms with Crippen LogP contribution >= 0.6 is 0 Å². The number of aliphatic hydroxyl groups is 1. The Hall–Kier alpha value is -2.40. The number of phenolic OH excluding ortho intramolecular Hbond substituents is 1. The van der Waals surface area contributed by atoms with Gasteiger partial charge in [0.05, 0.1) is 6.10 Å². The summed E-state index contributed by atoms with van der Waals surface area (Å²) in [5.41, 5.74) is 1.60. The van der Waals surface area contributed by atoms with Crippen molar-refractivity contribution in [2.45, 2.75) is 13.0 Å². The van der Waals surface area contributed by atoms with Gasteiger partial charge in [-0.2, -0.15) is 0 Å². The van der Waals surface area contributed by atoms with Crippen LogP contribution in [0.5, 0.6) is 5.75 Å². The van der Waals surface area contributed by atoms with Crippen molar-refractivity contribution in [2.24, 2.45) is 0 Å². The van der Waals surface area contributed by atoms with Gasteiger partial charge in [-0.3, -0.25) is 4.79 Å². The number of rotatable bonds is 4. The highest BCUT2D eigenvalue weighted by molar-refractivity contribution is 5.94. The molecule has 0 radical (unpaired) electrons. The third-order valence-electron chi connectivity index (χ3n) is 3.04. The summed E-state index contributed by atoms with van der Waals surface area (Å²) in [6.07, 6.45) is -0.923. The third-order valence-corrected chi connectivity index (χ3v) is 3.04. The number of amides is 1. The second-order valence-electron chi connectivity index (χ2n) is 4.83. The Bertz CT molecular complexity index is 620. The largest absolute Gasteiger partial charge is 0.508 e. The summed E-state index contributed by atoms with van der Waals surface area (Å²) in [5, 5.41) is 22.0. The molecule has 3 N–H and O–H groups in total. The molecule has 0 bridgehead atoms. The van der Waals surface area contributed by atoms with Crippen LogP contribution in [0.1, 0.15) is 27.6 Å². The van der Waals surface area contributed by atoms with Crippen molar-refractivity contribution >= 4 is 5.91 Å². The van der Waals surface area contributed by atoms with Crippen LogP contribution in [0.15, 0.2) is 42.5 Å². The molecule has 0 saturated carbocycles. The quantitative estimate of drug-likeness (QED) is 0.809. The van der Waals surface area contributed by atoms with E-state index in [1.54, 1.807) is 19.1 Å². The Morgan fingerprint density at radius 1 is 1.24 bits per heavy atom. The highest BCUT2D eigenvalue weighted by atomic mass is 19.1. The molecular weight excluding hydrogens is 273 g/mol. The van der Waals surface area contributed by atoms with E-state index in [4.69, 9.17) is 0 Å². The minimum Gasteiger partial charge on any atom is -0.508 e. The molecular formula is C16H16FNO3. The maximum absolute atomic E-state index is 12.8. The molecule has 0 fully saturated rings. The number of aryl methyl sites for hydroxylation is 1.